The molecule has 0 spiro atoms. The summed E-state index contributed by atoms with van der Waals surface area (Å²) in [5.74, 6) is -1.35. The van der Waals surface area contributed by atoms with Crippen molar-refractivity contribution in [1.82, 2.24) is 0 Å². The van der Waals surface area contributed by atoms with Crippen molar-refractivity contribution in [3.8, 4) is 0 Å². The molecule has 3 rings (SSSR count). The second kappa shape index (κ2) is 6.34. The predicted octanol–water partition coefficient (Wildman–Crippen LogP) is 4.75. The number of aromatic carboxylic acids is 1. The van der Waals surface area contributed by atoms with E-state index in [1.807, 2.05) is 12.1 Å². The lowest BCUT2D eigenvalue weighted by Crippen LogP contribution is -2.14. The van der Waals surface area contributed by atoms with Crippen molar-refractivity contribution >= 4 is 39.9 Å². The molecule has 120 valence electrons. The average Bonchev–Trinajstić information content (AvgIpc) is 2.56. The van der Waals surface area contributed by atoms with E-state index in [1.54, 1.807) is 37.3 Å². The summed E-state index contributed by atoms with van der Waals surface area (Å²) in [6, 6.07) is 15.3. The number of carbonyl (C=O) groups is 2. The zero-order valence-corrected chi connectivity index (χ0v) is 13.6. The number of fused-ring (bicyclic) bond motifs is 1. The van der Waals surface area contributed by atoms with Gasteiger partial charge in [-0.1, -0.05) is 41.9 Å². The molecule has 0 aromatic heterocycles. The summed E-state index contributed by atoms with van der Waals surface area (Å²) in [6.07, 6.45) is 0. The van der Waals surface area contributed by atoms with Crippen LogP contribution in [-0.4, -0.2) is 17.0 Å². The number of carbonyl (C=O) groups excluding carboxylic acids is 1. The quantitative estimate of drug-likeness (QED) is 0.723. The van der Waals surface area contributed by atoms with Crippen LogP contribution in [0.5, 0.6) is 0 Å². The van der Waals surface area contributed by atoms with Crippen molar-refractivity contribution in [1.29, 1.82) is 0 Å². The molecule has 0 atom stereocenters. The Balaban J connectivity index is 2.01. The van der Waals surface area contributed by atoms with Crippen molar-refractivity contribution in [2.24, 2.45) is 0 Å². The van der Waals surface area contributed by atoms with Crippen LogP contribution in [0.2, 0.25) is 5.02 Å². The zero-order chi connectivity index (χ0) is 17.3. The molecule has 5 heteroatoms. The summed E-state index contributed by atoms with van der Waals surface area (Å²) in [6.45, 7) is 1.81. The monoisotopic (exact) mass is 339 g/mol. The highest BCUT2D eigenvalue weighted by molar-refractivity contribution is 6.36. The molecule has 0 aliphatic carbocycles. The van der Waals surface area contributed by atoms with E-state index < -0.39 is 5.97 Å². The molecular formula is C19H14ClNO3. The van der Waals surface area contributed by atoms with Crippen LogP contribution in [0.25, 0.3) is 10.8 Å². The average molecular weight is 340 g/mol. The summed E-state index contributed by atoms with van der Waals surface area (Å²) >= 11 is 6.18. The van der Waals surface area contributed by atoms with Gasteiger partial charge in [-0.15, -0.1) is 0 Å². The van der Waals surface area contributed by atoms with Gasteiger partial charge in [0.15, 0.2) is 0 Å². The molecule has 0 saturated heterocycles. The molecule has 1 amide bonds. The molecule has 0 saturated carbocycles. The Morgan fingerprint density at radius 3 is 2.46 bits per heavy atom. The van der Waals surface area contributed by atoms with Crippen molar-refractivity contribution < 1.29 is 14.7 Å². The van der Waals surface area contributed by atoms with Gasteiger partial charge in [-0.25, -0.2) is 4.79 Å². The SMILES string of the molecule is Cc1ccc(C(=O)O)cc1NC(=O)c1cccc2c(Cl)cccc12. The van der Waals surface area contributed by atoms with Gasteiger partial charge in [0.05, 0.1) is 5.56 Å². The van der Waals surface area contributed by atoms with Crippen molar-refractivity contribution in [3.05, 3.63) is 76.3 Å². The molecule has 24 heavy (non-hydrogen) atoms. The number of hydrogen-bond donors (Lipinski definition) is 2. The first-order valence-corrected chi connectivity index (χ1v) is 7.67. The summed E-state index contributed by atoms with van der Waals surface area (Å²) in [5.41, 5.74) is 1.86. The van der Waals surface area contributed by atoms with Crippen LogP contribution in [0.1, 0.15) is 26.3 Å². The maximum Gasteiger partial charge on any atom is 0.335 e. The highest BCUT2D eigenvalue weighted by Crippen LogP contribution is 2.27. The minimum atomic E-state index is -1.04. The molecule has 0 bridgehead atoms. The van der Waals surface area contributed by atoms with Crippen molar-refractivity contribution in [2.45, 2.75) is 6.92 Å². The Kier molecular flexibility index (Phi) is 4.23. The standard InChI is InChI=1S/C19H14ClNO3/c1-11-8-9-12(19(23)24)10-17(11)21-18(22)15-6-2-5-14-13(15)4-3-7-16(14)20/h2-10H,1H3,(H,21,22)(H,23,24). The number of hydrogen-bond acceptors (Lipinski definition) is 2. The van der Waals surface area contributed by atoms with E-state index in [2.05, 4.69) is 5.32 Å². The fourth-order valence-electron chi connectivity index (χ4n) is 2.55. The summed E-state index contributed by atoms with van der Waals surface area (Å²) in [5, 5.41) is 14.0. The molecule has 0 radical (unpaired) electrons. The van der Waals surface area contributed by atoms with Crippen LogP contribution < -0.4 is 5.32 Å². The van der Waals surface area contributed by atoms with Crippen LogP contribution in [0.4, 0.5) is 5.69 Å². The number of carboxylic acid groups (broad SMARTS) is 1. The number of nitrogens with one attached hydrogen (secondary N) is 1. The highest BCUT2D eigenvalue weighted by atomic mass is 35.5. The first-order chi connectivity index (χ1) is 11.5. The van der Waals surface area contributed by atoms with Gasteiger partial charge in [0.2, 0.25) is 0 Å². The normalized spacial score (nSPS) is 10.6. The van der Waals surface area contributed by atoms with E-state index in [9.17, 15) is 9.59 Å². The molecule has 3 aromatic carbocycles. The topological polar surface area (TPSA) is 66.4 Å². The Bertz CT molecular complexity index is 966. The molecule has 0 unspecified atom stereocenters. The Labute approximate surface area is 143 Å². The summed E-state index contributed by atoms with van der Waals surface area (Å²) in [7, 11) is 0. The number of aryl methyl sites for hydroxylation is 1. The lowest BCUT2D eigenvalue weighted by atomic mass is 10.0. The largest absolute Gasteiger partial charge is 0.478 e. The van der Waals surface area contributed by atoms with Crippen LogP contribution in [-0.2, 0) is 0 Å². The van der Waals surface area contributed by atoms with Crippen LogP contribution in [0.3, 0.4) is 0 Å². The number of carboxylic acids is 1. The highest BCUT2D eigenvalue weighted by Gasteiger charge is 2.13. The van der Waals surface area contributed by atoms with Gasteiger partial charge in [0.1, 0.15) is 0 Å². The van der Waals surface area contributed by atoms with Crippen molar-refractivity contribution in [2.75, 3.05) is 5.32 Å². The maximum absolute atomic E-state index is 12.7. The van der Waals surface area contributed by atoms with E-state index in [1.165, 1.54) is 12.1 Å². The summed E-state index contributed by atoms with van der Waals surface area (Å²) in [4.78, 5) is 23.8. The number of amides is 1. The van der Waals surface area contributed by atoms with Crippen LogP contribution in [0.15, 0.2) is 54.6 Å². The third-order valence-corrected chi connectivity index (χ3v) is 4.18. The van der Waals surface area contributed by atoms with Gasteiger partial charge >= 0.3 is 5.97 Å². The molecule has 4 nitrogen and oxygen atoms in total. The fourth-order valence-corrected chi connectivity index (χ4v) is 2.79. The van der Waals surface area contributed by atoms with Gasteiger partial charge in [-0.05, 0) is 42.1 Å². The number of rotatable bonds is 3. The Hall–Kier alpha value is -2.85. The number of benzene rings is 3. The third-order valence-electron chi connectivity index (χ3n) is 3.85. The molecule has 0 fully saturated rings. The molecular weight excluding hydrogens is 326 g/mol. The van der Waals surface area contributed by atoms with Gasteiger partial charge in [-0.2, -0.15) is 0 Å². The van der Waals surface area contributed by atoms with Crippen LogP contribution in [0, 0.1) is 6.92 Å². The number of anilines is 1. The van der Waals surface area contributed by atoms with E-state index in [0.717, 1.165) is 16.3 Å². The van der Waals surface area contributed by atoms with E-state index in [0.29, 0.717) is 16.3 Å². The fraction of sp³-hybridized carbons (Fsp3) is 0.0526. The zero-order valence-electron chi connectivity index (χ0n) is 12.8. The predicted molar refractivity (Wildman–Crippen MR) is 95.0 cm³/mol. The van der Waals surface area contributed by atoms with E-state index >= 15 is 0 Å². The molecule has 0 aliphatic heterocycles. The van der Waals surface area contributed by atoms with Crippen LogP contribution >= 0.6 is 11.6 Å². The second-order valence-electron chi connectivity index (χ2n) is 5.43. The molecule has 3 aromatic rings. The minimum absolute atomic E-state index is 0.122. The Morgan fingerprint density at radius 1 is 1.00 bits per heavy atom. The third kappa shape index (κ3) is 2.96. The summed E-state index contributed by atoms with van der Waals surface area (Å²) < 4.78 is 0. The second-order valence-corrected chi connectivity index (χ2v) is 5.84. The first kappa shape index (κ1) is 16.0. The molecule has 0 aliphatic rings. The van der Waals surface area contributed by atoms with E-state index in [-0.39, 0.29) is 11.5 Å². The molecule has 0 heterocycles. The Morgan fingerprint density at radius 2 is 1.71 bits per heavy atom. The van der Waals surface area contributed by atoms with E-state index in [4.69, 9.17) is 16.7 Å². The number of halogens is 1. The lowest BCUT2D eigenvalue weighted by Gasteiger charge is -2.11. The molecule has 2 N–H and O–H groups in total. The lowest BCUT2D eigenvalue weighted by molar-refractivity contribution is 0.0696. The van der Waals surface area contributed by atoms with Gasteiger partial charge in [0, 0.05) is 21.7 Å². The maximum atomic E-state index is 12.7. The smallest absolute Gasteiger partial charge is 0.335 e. The van der Waals surface area contributed by atoms with Gasteiger partial charge in [-0.3, -0.25) is 4.79 Å². The minimum Gasteiger partial charge on any atom is -0.478 e. The first-order valence-electron chi connectivity index (χ1n) is 7.30. The van der Waals surface area contributed by atoms with Gasteiger partial charge < -0.3 is 10.4 Å². The van der Waals surface area contributed by atoms with Gasteiger partial charge in [0.25, 0.3) is 5.91 Å². The van der Waals surface area contributed by atoms with Crippen molar-refractivity contribution in [3.63, 3.8) is 0 Å².